The Morgan fingerprint density at radius 3 is 2.48 bits per heavy atom. The molecule has 2 heterocycles. The molecule has 0 radical (unpaired) electrons. The minimum absolute atomic E-state index is 0.0563. The lowest BCUT2D eigenvalue weighted by Crippen LogP contribution is -2.41. The lowest BCUT2D eigenvalue weighted by Gasteiger charge is -2.24. The first-order valence-corrected chi connectivity index (χ1v) is 9.79. The summed E-state index contributed by atoms with van der Waals surface area (Å²) in [4.78, 5) is 28.6. The summed E-state index contributed by atoms with van der Waals surface area (Å²) in [5.74, 6) is -0.0560. The largest absolute Gasteiger partial charge is 0.380 e. The van der Waals surface area contributed by atoms with Crippen molar-refractivity contribution in [2.45, 2.75) is 19.9 Å². The molecule has 0 fully saturated rings. The summed E-state index contributed by atoms with van der Waals surface area (Å²) in [6.45, 7) is 4.61. The van der Waals surface area contributed by atoms with Crippen molar-refractivity contribution in [3.8, 4) is 10.6 Å². The molecule has 0 spiro atoms. The fourth-order valence-electron chi connectivity index (χ4n) is 2.73. The molecule has 1 amide bonds. The number of carbonyl (C=O) groups is 1. The summed E-state index contributed by atoms with van der Waals surface area (Å²) < 4.78 is 0. The highest BCUT2D eigenvalue weighted by molar-refractivity contribution is 7.13. The summed E-state index contributed by atoms with van der Waals surface area (Å²) in [6, 6.07) is 17.1. The maximum Gasteiger partial charge on any atom is 0.261 e. The van der Waals surface area contributed by atoms with Gasteiger partial charge in [-0.05, 0) is 41.6 Å². The molecule has 0 saturated heterocycles. The minimum Gasteiger partial charge on any atom is -0.380 e. The molecule has 3 aromatic rings. The third-order valence-electron chi connectivity index (χ3n) is 4.35. The zero-order valence-corrected chi connectivity index (χ0v) is 16.2. The van der Waals surface area contributed by atoms with Crippen LogP contribution in [-0.2, 0) is 0 Å². The van der Waals surface area contributed by atoms with Crippen molar-refractivity contribution in [3.05, 3.63) is 75.9 Å². The van der Waals surface area contributed by atoms with Crippen molar-refractivity contribution in [2.24, 2.45) is 5.92 Å². The number of carbonyl (C=O) groups excluding carboxylic acids is 1. The molecule has 0 aliphatic rings. The quantitative estimate of drug-likeness (QED) is 0.580. The van der Waals surface area contributed by atoms with Gasteiger partial charge in [0.2, 0.25) is 0 Å². The van der Waals surface area contributed by atoms with Gasteiger partial charge in [0, 0.05) is 18.3 Å². The molecule has 5 nitrogen and oxygen atoms in total. The molecule has 1 aromatic carbocycles. The van der Waals surface area contributed by atoms with Crippen LogP contribution in [0.5, 0.6) is 0 Å². The van der Waals surface area contributed by atoms with Crippen molar-refractivity contribution >= 4 is 22.9 Å². The number of hydrogen-bond acceptors (Lipinski definition) is 4. The third kappa shape index (κ3) is 4.86. The topological polar surface area (TPSA) is 74.0 Å². The number of hydrogen-bond donors (Lipinski definition) is 3. The lowest BCUT2D eigenvalue weighted by atomic mass is 10.0. The van der Waals surface area contributed by atoms with Crippen LogP contribution >= 0.6 is 11.3 Å². The van der Waals surface area contributed by atoms with Gasteiger partial charge in [0.15, 0.2) is 0 Å². The number of aromatic nitrogens is 1. The smallest absolute Gasteiger partial charge is 0.261 e. The molecule has 0 aliphatic heterocycles. The van der Waals surface area contributed by atoms with Crippen LogP contribution in [0.3, 0.4) is 0 Å². The maximum absolute atomic E-state index is 12.5. The number of H-pyrrole nitrogens is 1. The summed E-state index contributed by atoms with van der Waals surface area (Å²) in [6.07, 6.45) is 0. The van der Waals surface area contributed by atoms with E-state index in [2.05, 4.69) is 29.5 Å². The summed E-state index contributed by atoms with van der Waals surface area (Å²) in [5, 5.41) is 8.25. The molecule has 1 unspecified atom stereocenters. The van der Waals surface area contributed by atoms with E-state index in [0.717, 1.165) is 16.3 Å². The summed E-state index contributed by atoms with van der Waals surface area (Å²) in [7, 11) is 0. The van der Waals surface area contributed by atoms with Crippen molar-refractivity contribution in [3.63, 3.8) is 0 Å². The molecule has 0 aliphatic carbocycles. The zero-order valence-electron chi connectivity index (χ0n) is 15.4. The first-order valence-electron chi connectivity index (χ1n) is 8.91. The molecule has 0 saturated carbocycles. The van der Waals surface area contributed by atoms with Crippen molar-refractivity contribution < 1.29 is 4.79 Å². The molecule has 6 heteroatoms. The summed E-state index contributed by atoms with van der Waals surface area (Å²) in [5.41, 5.74) is 1.47. The van der Waals surface area contributed by atoms with Crippen molar-refractivity contribution in [2.75, 3.05) is 11.9 Å². The molecule has 27 heavy (non-hydrogen) atoms. The van der Waals surface area contributed by atoms with Gasteiger partial charge in [-0.3, -0.25) is 9.59 Å². The average Bonchev–Trinajstić information content (AvgIpc) is 3.20. The normalized spacial score (nSPS) is 12.0. The highest BCUT2D eigenvalue weighted by atomic mass is 32.1. The van der Waals surface area contributed by atoms with E-state index in [-0.39, 0.29) is 23.1 Å². The number of rotatable bonds is 7. The van der Waals surface area contributed by atoms with E-state index in [0.29, 0.717) is 12.5 Å². The van der Waals surface area contributed by atoms with E-state index in [9.17, 15) is 9.59 Å². The average molecular weight is 382 g/mol. The van der Waals surface area contributed by atoms with Crippen molar-refractivity contribution in [1.29, 1.82) is 0 Å². The minimum atomic E-state index is -0.379. The summed E-state index contributed by atoms with van der Waals surface area (Å²) >= 11 is 1.54. The molecule has 3 N–H and O–H groups in total. The Bertz CT molecular complexity index is 934. The monoisotopic (exact) mass is 381 g/mol. The van der Waals surface area contributed by atoms with E-state index in [1.807, 2.05) is 47.8 Å². The Morgan fingerprint density at radius 2 is 1.85 bits per heavy atom. The maximum atomic E-state index is 12.5. The second-order valence-electron chi connectivity index (χ2n) is 6.66. The van der Waals surface area contributed by atoms with Gasteiger partial charge < -0.3 is 15.6 Å². The standard InChI is InChI=1S/C21H23N3O2S/c1-14(2)18(23-15-7-4-3-5-8-15)13-22-20(25)16-10-11-17(24-21(16)26)19-9-6-12-27-19/h3-12,14,18,23H,13H2,1-2H3,(H,22,25)(H,24,26). The Morgan fingerprint density at radius 1 is 1.07 bits per heavy atom. The Balaban J connectivity index is 1.66. The molecule has 3 rings (SSSR count). The first kappa shape index (κ1) is 18.9. The first-order chi connectivity index (χ1) is 13.0. The van der Waals surface area contributed by atoms with Gasteiger partial charge >= 0.3 is 0 Å². The molecular formula is C21H23N3O2S. The second-order valence-corrected chi connectivity index (χ2v) is 7.61. The van der Waals surface area contributed by atoms with E-state index < -0.39 is 0 Å². The van der Waals surface area contributed by atoms with Gasteiger partial charge in [0.25, 0.3) is 11.5 Å². The van der Waals surface area contributed by atoms with E-state index >= 15 is 0 Å². The van der Waals surface area contributed by atoms with Crippen LogP contribution in [0.2, 0.25) is 0 Å². The highest BCUT2D eigenvalue weighted by Crippen LogP contribution is 2.21. The van der Waals surface area contributed by atoms with Gasteiger partial charge in [0.05, 0.1) is 10.6 Å². The fraction of sp³-hybridized carbons (Fsp3) is 0.238. The van der Waals surface area contributed by atoms with Crippen LogP contribution in [-0.4, -0.2) is 23.5 Å². The number of nitrogens with one attached hydrogen (secondary N) is 3. The van der Waals surface area contributed by atoms with Crippen LogP contribution in [0, 0.1) is 5.92 Å². The number of aromatic amines is 1. The van der Waals surface area contributed by atoms with E-state index in [4.69, 9.17) is 0 Å². The Kier molecular flexibility index (Phi) is 6.08. The molecular weight excluding hydrogens is 358 g/mol. The van der Waals surface area contributed by atoms with Gasteiger partial charge in [0.1, 0.15) is 5.56 Å². The molecule has 1 atom stereocenters. The van der Waals surface area contributed by atoms with Gasteiger partial charge in [-0.15, -0.1) is 11.3 Å². The van der Waals surface area contributed by atoms with Gasteiger partial charge in [-0.25, -0.2) is 0 Å². The number of para-hydroxylation sites is 1. The SMILES string of the molecule is CC(C)C(CNC(=O)c1ccc(-c2cccs2)[nH]c1=O)Nc1ccccc1. The number of thiophene rings is 1. The Hall–Kier alpha value is -2.86. The lowest BCUT2D eigenvalue weighted by molar-refractivity contribution is 0.0949. The molecule has 2 aromatic heterocycles. The number of amides is 1. The van der Waals surface area contributed by atoms with Crippen LogP contribution in [0.15, 0.2) is 64.8 Å². The molecule has 0 bridgehead atoms. The van der Waals surface area contributed by atoms with Crippen LogP contribution in [0.4, 0.5) is 5.69 Å². The number of pyridine rings is 1. The van der Waals surface area contributed by atoms with E-state index in [1.165, 1.54) is 11.3 Å². The predicted molar refractivity (Wildman–Crippen MR) is 111 cm³/mol. The Labute approximate surface area is 162 Å². The zero-order chi connectivity index (χ0) is 19.2. The van der Waals surface area contributed by atoms with Crippen LogP contribution in [0.25, 0.3) is 10.6 Å². The van der Waals surface area contributed by atoms with Crippen LogP contribution in [0.1, 0.15) is 24.2 Å². The predicted octanol–water partition coefficient (Wildman–Crippen LogP) is 3.97. The number of benzene rings is 1. The second kappa shape index (κ2) is 8.68. The fourth-order valence-corrected chi connectivity index (χ4v) is 3.43. The van der Waals surface area contributed by atoms with Gasteiger partial charge in [-0.2, -0.15) is 0 Å². The third-order valence-corrected chi connectivity index (χ3v) is 5.26. The van der Waals surface area contributed by atoms with E-state index in [1.54, 1.807) is 12.1 Å². The highest BCUT2D eigenvalue weighted by Gasteiger charge is 2.17. The van der Waals surface area contributed by atoms with Crippen LogP contribution < -0.4 is 16.2 Å². The number of anilines is 1. The van der Waals surface area contributed by atoms with Crippen molar-refractivity contribution in [1.82, 2.24) is 10.3 Å². The van der Waals surface area contributed by atoms with Gasteiger partial charge in [-0.1, -0.05) is 38.1 Å². The molecule has 140 valence electrons.